The fraction of sp³-hybridized carbons (Fsp3) is 1.00. The lowest BCUT2D eigenvalue weighted by Gasteiger charge is -2.44. The Balaban J connectivity index is 2.04. The summed E-state index contributed by atoms with van der Waals surface area (Å²) in [6.07, 6.45) is 6.70. The van der Waals surface area contributed by atoms with E-state index in [1.54, 1.807) is 0 Å². The first kappa shape index (κ1) is 17.2. The number of likely N-dealkylation sites (tertiary alicyclic amines) is 1. The van der Waals surface area contributed by atoms with E-state index in [0.717, 1.165) is 12.5 Å². The Morgan fingerprint density at radius 1 is 1.29 bits per heavy atom. The molecule has 1 saturated heterocycles. The van der Waals surface area contributed by atoms with Crippen LogP contribution in [0.1, 0.15) is 59.8 Å². The lowest BCUT2D eigenvalue weighted by molar-refractivity contribution is 0.0505. The SMILES string of the molecule is CC1CCCC(CNC(C)C)(CN2CCC(C)C2CO)C1. The number of aliphatic hydroxyl groups is 1. The first-order chi connectivity index (χ1) is 9.96. The van der Waals surface area contributed by atoms with Crippen LogP contribution in [0.3, 0.4) is 0 Å². The van der Waals surface area contributed by atoms with Gasteiger partial charge >= 0.3 is 0 Å². The Labute approximate surface area is 131 Å². The van der Waals surface area contributed by atoms with Crippen molar-refractivity contribution >= 4 is 0 Å². The third-order valence-electron chi connectivity index (χ3n) is 5.79. The van der Waals surface area contributed by atoms with Crippen molar-refractivity contribution < 1.29 is 5.11 Å². The van der Waals surface area contributed by atoms with Crippen molar-refractivity contribution in [2.75, 3.05) is 26.2 Å². The first-order valence-electron chi connectivity index (χ1n) is 9.04. The topological polar surface area (TPSA) is 35.5 Å². The largest absolute Gasteiger partial charge is 0.395 e. The van der Waals surface area contributed by atoms with Gasteiger partial charge in [0.15, 0.2) is 0 Å². The molecule has 3 heteroatoms. The molecular formula is C18H36N2O. The van der Waals surface area contributed by atoms with Crippen molar-refractivity contribution in [3.8, 4) is 0 Å². The van der Waals surface area contributed by atoms with Gasteiger partial charge in [-0.2, -0.15) is 0 Å². The molecule has 1 aliphatic heterocycles. The maximum atomic E-state index is 9.73. The highest BCUT2D eigenvalue weighted by molar-refractivity contribution is 4.94. The molecule has 2 N–H and O–H groups in total. The van der Waals surface area contributed by atoms with Crippen LogP contribution < -0.4 is 5.32 Å². The maximum Gasteiger partial charge on any atom is 0.0589 e. The van der Waals surface area contributed by atoms with Gasteiger partial charge in [0.25, 0.3) is 0 Å². The van der Waals surface area contributed by atoms with E-state index in [1.807, 2.05) is 0 Å². The molecule has 21 heavy (non-hydrogen) atoms. The second kappa shape index (κ2) is 7.43. The Morgan fingerprint density at radius 3 is 2.67 bits per heavy atom. The van der Waals surface area contributed by atoms with E-state index < -0.39 is 0 Å². The van der Waals surface area contributed by atoms with Gasteiger partial charge < -0.3 is 10.4 Å². The lowest BCUT2D eigenvalue weighted by atomic mass is 9.69. The molecule has 2 fully saturated rings. The molecule has 0 aromatic rings. The molecule has 0 spiro atoms. The summed E-state index contributed by atoms with van der Waals surface area (Å²) in [5, 5.41) is 13.4. The smallest absolute Gasteiger partial charge is 0.0589 e. The Hall–Kier alpha value is -0.120. The van der Waals surface area contributed by atoms with Gasteiger partial charge in [0, 0.05) is 25.2 Å². The summed E-state index contributed by atoms with van der Waals surface area (Å²) in [6, 6.07) is 0.948. The van der Waals surface area contributed by atoms with E-state index in [4.69, 9.17) is 0 Å². The van der Waals surface area contributed by atoms with Crippen LogP contribution in [-0.2, 0) is 0 Å². The van der Waals surface area contributed by atoms with Crippen molar-refractivity contribution in [1.82, 2.24) is 10.2 Å². The Kier molecular flexibility index (Phi) is 6.10. The molecule has 2 aliphatic rings. The minimum Gasteiger partial charge on any atom is -0.395 e. The number of aliphatic hydroxyl groups excluding tert-OH is 1. The van der Waals surface area contributed by atoms with Gasteiger partial charge in [-0.1, -0.05) is 40.5 Å². The molecule has 0 aromatic carbocycles. The minimum atomic E-state index is 0.324. The normalized spacial score (nSPS) is 38.3. The van der Waals surface area contributed by atoms with Crippen molar-refractivity contribution in [2.45, 2.75) is 71.9 Å². The molecule has 2 rings (SSSR count). The van der Waals surface area contributed by atoms with E-state index in [-0.39, 0.29) is 0 Å². The van der Waals surface area contributed by atoms with Crippen molar-refractivity contribution in [2.24, 2.45) is 17.3 Å². The summed E-state index contributed by atoms with van der Waals surface area (Å²) in [5.41, 5.74) is 0.416. The van der Waals surface area contributed by atoms with Crippen LogP contribution in [0, 0.1) is 17.3 Å². The standard InChI is InChI=1S/C18H36N2O/c1-14(2)19-12-18(8-5-6-15(3)10-18)13-20-9-7-16(4)17(20)11-21/h14-17,19,21H,5-13H2,1-4H3. The molecule has 1 heterocycles. The fourth-order valence-corrected chi connectivity index (χ4v) is 4.56. The van der Waals surface area contributed by atoms with Crippen molar-refractivity contribution in [3.63, 3.8) is 0 Å². The van der Waals surface area contributed by atoms with Crippen LogP contribution in [0.5, 0.6) is 0 Å². The predicted octanol–water partition coefficient (Wildman–Crippen LogP) is 2.88. The molecule has 124 valence electrons. The van der Waals surface area contributed by atoms with Crippen LogP contribution in [0.25, 0.3) is 0 Å². The quantitative estimate of drug-likeness (QED) is 0.791. The lowest BCUT2D eigenvalue weighted by Crippen LogP contribution is -2.50. The Bertz CT molecular complexity index is 320. The van der Waals surface area contributed by atoms with Crippen molar-refractivity contribution in [3.05, 3.63) is 0 Å². The van der Waals surface area contributed by atoms with E-state index in [0.29, 0.717) is 30.0 Å². The van der Waals surface area contributed by atoms with E-state index >= 15 is 0 Å². The average molecular weight is 296 g/mol. The van der Waals surface area contributed by atoms with Crippen LogP contribution in [0.4, 0.5) is 0 Å². The van der Waals surface area contributed by atoms with Gasteiger partial charge in [0.1, 0.15) is 0 Å². The zero-order chi connectivity index (χ0) is 15.5. The van der Waals surface area contributed by atoms with Gasteiger partial charge in [-0.15, -0.1) is 0 Å². The predicted molar refractivity (Wildman–Crippen MR) is 89.4 cm³/mol. The molecule has 0 amide bonds. The maximum absolute atomic E-state index is 9.73. The van der Waals surface area contributed by atoms with Crippen LogP contribution in [-0.4, -0.2) is 48.3 Å². The number of hydrogen-bond donors (Lipinski definition) is 2. The summed E-state index contributed by atoms with van der Waals surface area (Å²) < 4.78 is 0. The summed E-state index contributed by atoms with van der Waals surface area (Å²) in [7, 11) is 0. The van der Waals surface area contributed by atoms with Crippen molar-refractivity contribution in [1.29, 1.82) is 0 Å². The van der Waals surface area contributed by atoms with Gasteiger partial charge in [0.2, 0.25) is 0 Å². The average Bonchev–Trinajstić information content (AvgIpc) is 2.77. The second-order valence-corrected chi connectivity index (χ2v) is 8.22. The molecule has 0 aromatic heterocycles. The first-order valence-corrected chi connectivity index (χ1v) is 9.04. The van der Waals surface area contributed by atoms with E-state index in [1.165, 1.54) is 45.2 Å². The highest BCUT2D eigenvalue weighted by Gasteiger charge is 2.40. The molecule has 1 aliphatic carbocycles. The van der Waals surface area contributed by atoms with Crippen LogP contribution in [0.2, 0.25) is 0 Å². The highest BCUT2D eigenvalue weighted by atomic mass is 16.3. The fourth-order valence-electron chi connectivity index (χ4n) is 4.56. The van der Waals surface area contributed by atoms with Gasteiger partial charge in [0.05, 0.1) is 6.61 Å². The third-order valence-corrected chi connectivity index (χ3v) is 5.79. The molecule has 0 bridgehead atoms. The third kappa shape index (κ3) is 4.43. The Morgan fingerprint density at radius 2 is 2.05 bits per heavy atom. The van der Waals surface area contributed by atoms with Crippen LogP contribution in [0.15, 0.2) is 0 Å². The zero-order valence-corrected chi connectivity index (χ0v) is 14.6. The summed E-state index contributed by atoms with van der Waals surface area (Å²) in [5.74, 6) is 1.49. The number of nitrogens with zero attached hydrogens (tertiary/aromatic N) is 1. The van der Waals surface area contributed by atoms with Gasteiger partial charge in [-0.3, -0.25) is 4.90 Å². The zero-order valence-electron chi connectivity index (χ0n) is 14.6. The second-order valence-electron chi connectivity index (χ2n) is 8.22. The monoisotopic (exact) mass is 296 g/mol. The van der Waals surface area contributed by atoms with Crippen LogP contribution >= 0.6 is 0 Å². The molecule has 0 radical (unpaired) electrons. The molecular weight excluding hydrogens is 260 g/mol. The van der Waals surface area contributed by atoms with E-state index in [2.05, 4.69) is 37.9 Å². The molecule has 4 atom stereocenters. The highest BCUT2D eigenvalue weighted by Crippen LogP contribution is 2.41. The number of nitrogens with one attached hydrogen (secondary N) is 1. The molecule has 4 unspecified atom stereocenters. The summed E-state index contributed by atoms with van der Waals surface area (Å²) in [6.45, 7) is 13.0. The summed E-state index contributed by atoms with van der Waals surface area (Å²) >= 11 is 0. The van der Waals surface area contributed by atoms with Gasteiger partial charge in [-0.25, -0.2) is 0 Å². The summed E-state index contributed by atoms with van der Waals surface area (Å²) in [4.78, 5) is 2.59. The van der Waals surface area contributed by atoms with E-state index in [9.17, 15) is 5.11 Å². The number of hydrogen-bond acceptors (Lipinski definition) is 3. The molecule has 1 saturated carbocycles. The minimum absolute atomic E-state index is 0.324. The molecule has 3 nitrogen and oxygen atoms in total. The van der Waals surface area contributed by atoms with Gasteiger partial charge in [-0.05, 0) is 43.1 Å². The number of rotatable bonds is 6.